The summed E-state index contributed by atoms with van der Waals surface area (Å²) in [5, 5.41) is 11.2. The van der Waals surface area contributed by atoms with Crippen molar-refractivity contribution in [2.75, 3.05) is 0 Å². The van der Waals surface area contributed by atoms with E-state index in [2.05, 4.69) is 5.32 Å². The summed E-state index contributed by atoms with van der Waals surface area (Å²) in [7, 11) is 0. The molecule has 0 aliphatic carbocycles. The highest BCUT2D eigenvalue weighted by atomic mass is 19.1. The Kier molecular flexibility index (Phi) is 4.63. The van der Waals surface area contributed by atoms with E-state index in [0.29, 0.717) is 5.56 Å². The third-order valence-corrected chi connectivity index (χ3v) is 2.43. The number of rotatable bonds is 5. The third-order valence-electron chi connectivity index (χ3n) is 2.43. The summed E-state index contributed by atoms with van der Waals surface area (Å²) < 4.78 is 13.2. The SMILES string of the molecule is CCC(C(=O)O)C(=O)NCc1ccccc1F. The Morgan fingerprint density at radius 3 is 2.59 bits per heavy atom. The molecule has 0 aromatic heterocycles. The highest BCUT2D eigenvalue weighted by Gasteiger charge is 2.23. The molecular formula is C12H14FNO3. The monoisotopic (exact) mass is 239 g/mol. The van der Waals surface area contributed by atoms with Gasteiger partial charge in [0.25, 0.3) is 0 Å². The van der Waals surface area contributed by atoms with Crippen LogP contribution in [0.4, 0.5) is 4.39 Å². The Balaban J connectivity index is 2.59. The molecule has 0 spiro atoms. The number of carbonyl (C=O) groups is 2. The van der Waals surface area contributed by atoms with E-state index in [9.17, 15) is 14.0 Å². The van der Waals surface area contributed by atoms with Gasteiger partial charge in [-0.05, 0) is 12.5 Å². The number of halogens is 1. The van der Waals surface area contributed by atoms with Gasteiger partial charge in [0, 0.05) is 12.1 Å². The number of aliphatic carboxylic acids is 1. The lowest BCUT2D eigenvalue weighted by Crippen LogP contribution is -2.34. The van der Waals surface area contributed by atoms with E-state index in [0.717, 1.165) is 0 Å². The van der Waals surface area contributed by atoms with Crippen molar-refractivity contribution in [1.82, 2.24) is 5.32 Å². The van der Waals surface area contributed by atoms with Crippen LogP contribution in [-0.2, 0) is 16.1 Å². The molecule has 0 aliphatic rings. The first-order valence-electron chi connectivity index (χ1n) is 5.30. The Morgan fingerprint density at radius 2 is 2.06 bits per heavy atom. The lowest BCUT2D eigenvalue weighted by Gasteiger charge is -2.10. The van der Waals surface area contributed by atoms with E-state index in [-0.39, 0.29) is 13.0 Å². The number of carboxylic acids is 1. The summed E-state index contributed by atoms with van der Waals surface area (Å²) >= 11 is 0. The molecule has 0 heterocycles. The average molecular weight is 239 g/mol. The zero-order valence-corrected chi connectivity index (χ0v) is 9.44. The largest absolute Gasteiger partial charge is 0.481 e. The highest BCUT2D eigenvalue weighted by molar-refractivity contribution is 5.96. The smallest absolute Gasteiger partial charge is 0.316 e. The van der Waals surface area contributed by atoms with Crippen LogP contribution in [-0.4, -0.2) is 17.0 Å². The number of carboxylic acid groups (broad SMARTS) is 1. The summed E-state index contributed by atoms with van der Waals surface area (Å²) in [6.07, 6.45) is 0.207. The van der Waals surface area contributed by atoms with E-state index >= 15 is 0 Å². The van der Waals surface area contributed by atoms with Crippen LogP contribution in [0.3, 0.4) is 0 Å². The molecule has 1 amide bonds. The summed E-state index contributed by atoms with van der Waals surface area (Å²) in [6.45, 7) is 1.61. The fourth-order valence-electron chi connectivity index (χ4n) is 1.42. The minimum absolute atomic E-state index is 0.00468. The molecule has 1 aromatic carbocycles. The highest BCUT2D eigenvalue weighted by Crippen LogP contribution is 2.07. The Labute approximate surface area is 98.5 Å². The third kappa shape index (κ3) is 3.55. The van der Waals surface area contributed by atoms with E-state index < -0.39 is 23.6 Å². The minimum Gasteiger partial charge on any atom is -0.481 e. The number of benzene rings is 1. The van der Waals surface area contributed by atoms with Crippen molar-refractivity contribution in [2.24, 2.45) is 5.92 Å². The lowest BCUT2D eigenvalue weighted by atomic mass is 10.1. The first-order valence-corrected chi connectivity index (χ1v) is 5.30. The molecule has 17 heavy (non-hydrogen) atoms. The van der Waals surface area contributed by atoms with Gasteiger partial charge in [0.15, 0.2) is 0 Å². The molecule has 1 aromatic rings. The van der Waals surface area contributed by atoms with Crippen LogP contribution < -0.4 is 5.32 Å². The summed E-state index contributed by atoms with van der Waals surface area (Å²) in [5.74, 6) is -3.26. The van der Waals surface area contributed by atoms with Crippen LogP contribution in [0.2, 0.25) is 0 Å². The zero-order valence-electron chi connectivity index (χ0n) is 9.44. The standard InChI is InChI=1S/C12H14FNO3/c1-2-9(12(16)17)11(15)14-7-8-5-3-4-6-10(8)13/h3-6,9H,2,7H2,1H3,(H,14,15)(H,16,17). The van der Waals surface area contributed by atoms with Crippen molar-refractivity contribution in [1.29, 1.82) is 0 Å². The van der Waals surface area contributed by atoms with Gasteiger partial charge in [0.2, 0.25) is 5.91 Å². The molecule has 0 saturated heterocycles. The summed E-state index contributed by atoms with van der Waals surface area (Å²) in [5.41, 5.74) is 0.334. The average Bonchev–Trinajstić information content (AvgIpc) is 2.28. The van der Waals surface area contributed by atoms with E-state index in [1.165, 1.54) is 12.1 Å². The molecule has 2 N–H and O–H groups in total. The van der Waals surface area contributed by atoms with Crippen molar-refractivity contribution >= 4 is 11.9 Å². The fourth-order valence-corrected chi connectivity index (χ4v) is 1.42. The number of amides is 1. The van der Waals surface area contributed by atoms with E-state index in [1.54, 1.807) is 19.1 Å². The van der Waals surface area contributed by atoms with Crippen molar-refractivity contribution < 1.29 is 19.1 Å². The molecule has 1 atom stereocenters. The molecule has 4 nitrogen and oxygen atoms in total. The van der Waals surface area contributed by atoms with Crippen LogP contribution in [0.1, 0.15) is 18.9 Å². The molecule has 0 fully saturated rings. The van der Waals surface area contributed by atoms with Crippen LogP contribution in [0.25, 0.3) is 0 Å². The van der Waals surface area contributed by atoms with Gasteiger partial charge in [-0.1, -0.05) is 25.1 Å². The van der Waals surface area contributed by atoms with Crippen molar-refractivity contribution in [3.63, 3.8) is 0 Å². The minimum atomic E-state index is -1.17. The second-order valence-corrected chi connectivity index (χ2v) is 3.61. The predicted molar refractivity (Wildman–Crippen MR) is 59.7 cm³/mol. The Morgan fingerprint density at radius 1 is 1.41 bits per heavy atom. The van der Waals surface area contributed by atoms with Gasteiger partial charge in [0.05, 0.1) is 0 Å². The number of hydrogen-bond donors (Lipinski definition) is 2. The van der Waals surface area contributed by atoms with Gasteiger partial charge < -0.3 is 10.4 Å². The lowest BCUT2D eigenvalue weighted by molar-refractivity contribution is -0.147. The Bertz CT molecular complexity index is 420. The normalized spacial score (nSPS) is 11.9. The van der Waals surface area contributed by atoms with Crippen molar-refractivity contribution in [3.8, 4) is 0 Å². The summed E-state index contributed by atoms with van der Waals surface area (Å²) in [4.78, 5) is 22.2. The maximum atomic E-state index is 13.2. The molecule has 0 radical (unpaired) electrons. The van der Waals surface area contributed by atoms with Gasteiger partial charge in [0.1, 0.15) is 11.7 Å². The van der Waals surface area contributed by atoms with Crippen LogP contribution in [0.5, 0.6) is 0 Å². The van der Waals surface area contributed by atoms with E-state index in [1.807, 2.05) is 0 Å². The quantitative estimate of drug-likeness (QED) is 0.766. The van der Waals surface area contributed by atoms with Crippen LogP contribution >= 0.6 is 0 Å². The van der Waals surface area contributed by atoms with Crippen LogP contribution in [0.15, 0.2) is 24.3 Å². The zero-order chi connectivity index (χ0) is 12.8. The molecular weight excluding hydrogens is 225 g/mol. The first kappa shape index (κ1) is 13.2. The van der Waals surface area contributed by atoms with Gasteiger partial charge in [-0.2, -0.15) is 0 Å². The van der Waals surface area contributed by atoms with Gasteiger partial charge in [-0.3, -0.25) is 9.59 Å². The maximum Gasteiger partial charge on any atom is 0.316 e. The second-order valence-electron chi connectivity index (χ2n) is 3.61. The first-order chi connectivity index (χ1) is 8.06. The van der Waals surface area contributed by atoms with Crippen molar-refractivity contribution in [3.05, 3.63) is 35.6 Å². The predicted octanol–water partition coefficient (Wildman–Crippen LogP) is 1.55. The second kappa shape index (κ2) is 5.98. The molecule has 0 aliphatic heterocycles. The van der Waals surface area contributed by atoms with E-state index in [4.69, 9.17) is 5.11 Å². The van der Waals surface area contributed by atoms with Crippen LogP contribution in [0, 0.1) is 11.7 Å². The molecule has 5 heteroatoms. The fraction of sp³-hybridized carbons (Fsp3) is 0.333. The van der Waals surface area contributed by atoms with Gasteiger partial charge >= 0.3 is 5.97 Å². The molecule has 1 unspecified atom stereocenters. The number of carbonyl (C=O) groups excluding carboxylic acids is 1. The maximum absolute atomic E-state index is 13.2. The molecule has 1 rings (SSSR count). The molecule has 0 bridgehead atoms. The topological polar surface area (TPSA) is 66.4 Å². The van der Waals surface area contributed by atoms with Gasteiger partial charge in [-0.25, -0.2) is 4.39 Å². The molecule has 0 saturated carbocycles. The van der Waals surface area contributed by atoms with Crippen molar-refractivity contribution in [2.45, 2.75) is 19.9 Å². The number of hydrogen-bond acceptors (Lipinski definition) is 2. The van der Waals surface area contributed by atoms with Gasteiger partial charge in [-0.15, -0.1) is 0 Å². The summed E-state index contributed by atoms with van der Waals surface area (Å²) in [6, 6.07) is 6.03. The Hall–Kier alpha value is -1.91. The molecule has 92 valence electrons. The number of nitrogens with one attached hydrogen (secondary N) is 1.